The maximum absolute atomic E-state index is 10.4. The highest BCUT2D eigenvalue weighted by atomic mass is 16.6. The fourth-order valence-electron chi connectivity index (χ4n) is 0.393. The van der Waals surface area contributed by atoms with Crippen LogP contribution in [-0.4, -0.2) is 22.8 Å². The molecule has 0 saturated heterocycles. The fourth-order valence-corrected chi connectivity index (χ4v) is 0.393. The number of carbonyl (C=O) groups is 1. The van der Waals surface area contributed by atoms with Crippen LogP contribution < -0.4 is 6.15 Å². The molecule has 4 nitrogen and oxygen atoms in total. The quantitative estimate of drug-likeness (QED) is 0.592. The third-order valence-corrected chi connectivity index (χ3v) is 1.34. The van der Waals surface area contributed by atoms with E-state index in [4.69, 9.17) is 4.74 Å². The van der Waals surface area contributed by atoms with Gasteiger partial charge >= 0.3 is 5.97 Å². The lowest BCUT2D eigenvalue weighted by Crippen LogP contribution is -2.36. The largest absolute Gasteiger partial charge is 0.460 e. The second-order valence-electron chi connectivity index (χ2n) is 2.91. The molecule has 0 bridgehead atoms. The molecule has 4 heteroatoms. The summed E-state index contributed by atoms with van der Waals surface area (Å²) < 4.78 is 4.73. The number of hydrogen-bond acceptors (Lipinski definition) is 4. The van der Waals surface area contributed by atoms with Gasteiger partial charge in [0.15, 0.2) is 0 Å². The van der Waals surface area contributed by atoms with Crippen LogP contribution >= 0.6 is 0 Å². The van der Waals surface area contributed by atoms with Gasteiger partial charge in [0.05, 0.1) is 5.60 Å². The van der Waals surface area contributed by atoms with Gasteiger partial charge in [-0.1, -0.05) is 0 Å². The minimum atomic E-state index is -0.953. The van der Waals surface area contributed by atoms with Gasteiger partial charge in [0.2, 0.25) is 0 Å². The number of rotatable bonds is 2. The molecule has 4 N–H and O–H groups in total. The fraction of sp³-hybridized carbons (Fsp3) is 0.857. The van der Waals surface area contributed by atoms with E-state index >= 15 is 0 Å². The van der Waals surface area contributed by atoms with Crippen molar-refractivity contribution in [3.63, 3.8) is 0 Å². The van der Waals surface area contributed by atoms with Gasteiger partial charge in [0, 0.05) is 6.92 Å². The molecule has 0 spiro atoms. The predicted molar refractivity (Wildman–Crippen MR) is 42.5 cm³/mol. The average molecular weight is 163 g/mol. The van der Waals surface area contributed by atoms with E-state index in [2.05, 4.69) is 0 Å². The van der Waals surface area contributed by atoms with E-state index in [0.29, 0.717) is 0 Å². The number of esters is 1. The van der Waals surface area contributed by atoms with Crippen molar-refractivity contribution in [2.75, 3.05) is 0 Å². The zero-order valence-corrected chi connectivity index (χ0v) is 7.55. The van der Waals surface area contributed by atoms with Crippen LogP contribution in [0.1, 0.15) is 27.7 Å². The number of carbonyl (C=O) groups excluding carboxylic acids is 1. The molecule has 1 atom stereocenters. The van der Waals surface area contributed by atoms with Crippen molar-refractivity contribution >= 4 is 5.97 Å². The maximum atomic E-state index is 10.4. The van der Waals surface area contributed by atoms with Crippen molar-refractivity contribution < 1.29 is 14.6 Å². The molecule has 0 aromatic heterocycles. The first-order valence-corrected chi connectivity index (χ1v) is 3.23. The Bertz CT molecular complexity index is 128. The van der Waals surface area contributed by atoms with E-state index < -0.39 is 11.7 Å². The third-order valence-electron chi connectivity index (χ3n) is 1.34. The number of aliphatic hydroxyl groups is 1. The van der Waals surface area contributed by atoms with Crippen LogP contribution in [-0.2, 0) is 9.53 Å². The molecular formula is C7H17NO3. The second kappa shape index (κ2) is 4.31. The first-order chi connectivity index (χ1) is 4.34. The Morgan fingerprint density at radius 3 is 2.00 bits per heavy atom. The summed E-state index contributed by atoms with van der Waals surface area (Å²) in [5, 5.41) is 9.26. The first-order valence-electron chi connectivity index (χ1n) is 3.23. The summed E-state index contributed by atoms with van der Waals surface area (Å²) in [7, 11) is 0. The average Bonchev–Trinajstić information content (AvgIpc) is 1.60. The van der Waals surface area contributed by atoms with E-state index in [1.54, 1.807) is 20.8 Å². The molecule has 0 aromatic rings. The lowest BCUT2D eigenvalue weighted by Gasteiger charge is -2.24. The minimum absolute atomic E-state index is 0. The Kier molecular flexibility index (Phi) is 5.09. The molecule has 0 heterocycles. The summed E-state index contributed by atoms with van der Waals surface area (Å²) in [6.45, 7) is 6.17. The maximum Gasteiger partial charge on any atom is 0.302 e. The Balaban J connectivity index is 0. The third kappa shape index (κ3) is 5.82. The van der Waals surface area contributed by atoms with E-state index in [0.717, 1.165) is 0 Å². The standard InChI is InChI=1S/C7H14O3.H3N/c1-5(7(3,4)9)10-6(2)8;/h5,9H,1-4H3;1H3. The molecule has 0 rings (SSSR count). The first kappa shape index (κ1) is 13.0. The normalized spacial score (nSPS) is 13.2. The van der Waals surface area contributed by atoms with Crippen LogP contribution in [0, 0.1) is 0 Å². The van der Waals surface area contributed by atoms with E-state index in [1.807, 2.05) is 0 Å². The van der Waals surface area contributed by atoms with E-state index in [-0.39, 0.29) is 12.1 Å². The molecule has 0 aliphatic rings. The molecule has 1 unspecified atom stereocenters. The van der Waals surface area contributed by atoms with Crippen molar-refractivity contribution in [2.24, 2.45) is 0 Å². The lowest BCUT2D eigenvalue weighted by atomic mass is 10.0. The van der Waals surface area contributed by atoms with Crippen LogP contribution in [0.4, 0.5) is 0 Å². The number of ether oxygens (including phenoxy) is 1. The van der Waals surface area contributed by atoms with Gasteiger partial charge in [-0.2, -0.15) is 0 Å². The van der Waals surface area contributed by atoms with Crippen molar-refractivity contribution in [1.29, 1.82) is 0 Å². The zero-order valence-electron chi connectivity index (χ0n) is 7.55. The minimum Gasteiger partial charge on any atom is -0.460 e. The van der Waals surface area contributed by atoms with Crippen molar-refractivity contribution in [2.45, 2.75) is 39.4 Å². The van der Waals surface area contributed by atoms with Crippen LogP contribution in [0.15, 0.2) is 0 Å². The van der Waals surface area contributed by atoms with Gasteiger partial charge in [-0.15, -0.1) is 0 Å². The van der Waals surface area contributed by atoms with Crippen LogP contribution in [0.5, 0.6) is 0 Å². The Labute approximate surface area is 67.1 Å². The summed E-state index contributed by atoms with van der Waals surface area (Å²) in [5.74, 6) is -0.366. The summed E-state index contributed by atoms with van der Waals surface area (Å²) in [5.41, 5.74) is -0.953. The lowest BCUT2D eigenvalue weighted by molar-refractivity contribution is -0.157. The van der Waals surface area contributed by atoms with Crippen LogP contribution in [0.2, 0.25) is 0 Å². The molecule has 0 aliphatic carbocycles. The molecule has 0 amide bonds. The predicted octanol–water partition coefficient (Wildman–Crippen LogP) is 0.871. The SMILES string of the molecule is CC(=O)OC(C)C(C)(C)O.N. The molecule has 0 fully saturated rings. The van der Waals surface area contributed by atoms with Gasteiger partial charge in [-0.05, 0) is 20.8 Å². The van der Waals surface area contributed by atoms with E-state index in [9.17, 15) is 9.90 Å². The Morgan fingerprint density at radius 1 is 1.55 bits per heavy atom. The summed E-state index contributed by atoms with van der Waals surface area (Å²) in [6, 6.07) is 0. The van der Waals surface area contributed by atoms with Gasteiger partial charge in [0.1, 0.15) is 6.10 Å². The topological polar surface area (TPSA) is 81.5 Å². The van der Waals surface area contributed by atoms with Gasteiger partial charge in [-0.25, -0.2) is 0 Å². The summed E-state index contributed by atoms with van der Waals surface area (Å²) >= 11 is 0. The highest BCUT2D eigenvalue weighted by Gasteiger charge is 2.24. The molecule has 0 radical (unpaired) electrons. The molecule has 0 aromatic carbocycles. The highest BCUT2D eigenvalue weighted by molar-refractivity contribution is 5.66. The van der Waals surface area contributed by atoms with Crippen molar-refractivity contribution in [1.82, 2.24) is 6.15 Å². The molecular weight excluding hydrogens is 146 g/mol. The van der Waals surface area contributed by atoms with Crippen molar-refractivity contribution in [3.8, 4) is 0 Å². The summed E-state index contributed by atoms with van der Waals surface area (Å²) in [4.78, 5) is 10.4. The smallest absolute Gasteiger partial charge is 0.302 e. The molecule has 11 heavy (non-hydrogen) atoms. The Hall–Kier alpha value is -0.610. The van der Waals surface area contributed by atoms with Gasteiger partial charge < -0.3 is 16.0 Å². The van der Waals surface area contributed by atoms with Gasteiger partial charge in [-0.3, -0.25) is 4.79 Å². The number of hydrogen-bond donors (Lipinski definition) is 2. The monoisotopic (exact) mass is 163 g/mol. The van der Waals surface area contributed by atoms with Gasteiger partial charge in [0.25, 0.3) is 0 Å². The Morgan fingerprint density at radius 2 is 1.91 bits per heavy atom. The summed E-state index contributed by atoms with van der Waals surface area (Å²) in [6.07, 6.45) is -0.454. The van der Waals surface area contributed by atoms with Crippen LogP contribution in [0.3, 0.4) is 0 Å². The molecule has 0 aliphatic heterocycles. The molecule has 0 saturated carbocycles. The zero-order chi connectivity index (χ0) is 8.36. The van der Waals surface area contributed by atoms with Crippen molar-refractivity contribution in [3.05, 3.63) is 0 Å². The highest BCUT2D eigenvalue weighted by Crippen LogP contribution is 2.11. The van der Waals surface area contributed by atoms with E-state index in [1.165, 1.54) is 6.92 Å². The second-order valence-corrected chi connectivity index (χ2v) is 2.91. The van der Waals surface area contributed by atoms with Crippen LogP contribution in [0.25, 0.3) is 0 Å². The molecule has 68 valence electrons.